The third kappa shape index (κ3) is 7.01. The van der Waals surface area contributed by atoms with Gasteiger partial charge in [0.15, 0.2) is 0 Å². The van der Waals surface area contributed by atoms with E-state index in [9.17, 15) is 4.79 Å². The Balaban J connectivity index is 0.000000855. The predicted molar refractivity (Wildman–Crippen MR) is 108 cm³/mol. The van der Waals surface area contributed by atoms with Crippen LogP contribution in [0.2, 0.25) is 0 Å². The summed E-state index contributed by atoms with van der Waals surface area (Å²) in [6, 6.07) is 13.4. The molecule has 0 atom stereocenters. The highest BCUT2D eigenvalue weighted by molar-refractivity contribution is 5.93. The van der Waals surface area contributed by atoms with E-state index in [4.69, 9.17) is 4.42 Å². The number of hydrogen-bond acceptors (Lipinski definition) is 6. The Bertz CT molecular complexity index is 783. The van der Waals surface area contributed by atoms with Crippen molar-refractivity contribution in [3.63, 3.8) is 0 Å². The van der Waals surface area contributed by atoms with Crippen LogP contribution in [0.25, 0.3) is 0 Å². The molecule has 0 unspecified atom stereocenters. The van der Waals surface area contributed by atoms with Crippen LogP contribution in [0.5, 0.6) is 0 Å². The average molecular weight is 368 g/mol. The first-order valence-electron chi connectivity index (χ1n) is 9.37. The Morgan fingerprint density at radius 3 is 2.30 bits per heavy atom. The number of rotatable bonds is 6. The van der Waals surface area contributed by atoms with Gasteiger partial charge in [-0.3, -0.25) is 9.78 Å². The maximum Gasteiger partial charge on any atom is 0.320 e. The molecule has 0 aliphatic rings. The van der Waals surface area contributed by atoms with Gasteiger partial charge in [0.1, 0.15) is 0 Å². The highest BCUT2D eigenvalue weighted by atomic mass is 16.4. The number of hydrogen-bond donors (Lipinski definition) is 1. The van der Waals surface area contributed by atoms with Gasteiger partial charge in [-0.05, 0) is 30.2 Å². The molecule has 0 amide bonds. The molecule has 0 bridgehead atoms. The molecule has 2 aromatic heterocycles. The van der Waals surface area contributed by atoms with E-state index in [1.165, 1.54) is 0 Å². The van der Waals surface area contributed by atoms with E-state index in [-0.39, 0.29) is 24.1 Å². The lowest BCUT2D eigenvalue weighted by Gasteiger charge is -2.00. The molecule has 3 rings (SSSR count). The highest BCUT2D eigenvalue weighted by Crippen LogP contribution is 2.15. The molecule has 6 heteroatoms. The first-order valence-corrected chi connectivity index (χ1v) is 9.37. The average Bonchev–Trinajstić information content (AvgIpc) is 3.21. The van der Waals surface area contributed by atoms with Crippen LogP contribution in [0.3, 0.4) is 0 Å². The summed E-state index contributed by atoms with van der Waals surface area (Å²) in [6.45, 7) is 10.0. The molecule has 0 aliphatic carbocycles. The number of aryl methyl sites for hydroxylation is 1. The van der Waals surface area contributed by atoms with Gasteiger partial charge in [0.05, 0.1) is 0 Å². The Morgan fingerprint density at radius 2 is 1.70 bits per heavy atom. The van der Waals surface area contributed by atoms with E-state index >= 15 is 0 Å². The van der Waals surface area contributed by atoms with Crippen molar-refractivity contribution < 1.29 is 9.21 Å². The zero-order valence-electron chi connectivity index (χ0n) is 16.7. The van der Waals surface area contributed by atoms with Gasteiger partial charge in [0.2, 0.25) is 5.78 Å². The monoisotopic (exact) mass is 368 g/mol. The van der Waals surface area contributed by atoms with Crippen LogP contribution in [0, 0.1) is 0 Å². The summed E-state index contributed by atoms with van der Waals surface area (Å²) in [5.41, 5.74) is 2.63. The number of carbonyl (C=O) groups excluding carboxylic acids is 1. The Morgan fingerprint density at radius 1 is 1.00 bits per heavy atom. The molecule has 6 nitrogen and oxygen atoms in total. The van der Waals surface area contributed by atoms with E-state index in [1.807, 2.05) is 77.1 Å². The van der Waals surface area contributed by atoms with Crippen molar-refractivity contribution in [3.8, 4) is 0 Å². The van der Waals surface area contributed by atoms with Crippen molar-refractivity contribution in [2.24, 2.45) is 0 Å². The molecule has 0 radical (unpaired) electrons. The van der Waals surface area contributed by atoms with Gasteiger partial charge in [-0.15, -0.1) is 5.10 Å². The normalized spacial score (nSPS) is 9.37. The van der Waals surface area contributed by atoms with Crippen LogP contribution in [0.4, 0.5) is 11.7 Å². The molecule has 1 aromatic carbocycles. The van der Waals surface area contributed by atoms with Crippen LogP contribution in [-0.4, -0.2) is 21.0 Å². The third-order valence-corrected chi connectivity index (χ3v) is 3.30. The van der Waals surface area contributed by atoms with Crippen LogP contribution >= 0.6 is 0 Å². The van der Waals surface area contributed by atoms with E-state index in [0.717, 1.165) is 23.4 Å². The fourth-order valence-corrected chi connectivity index (χ4v) is 2.06. The Labute approximate surface area is 161 Å². The number of aromatic nitrogens is 3. The molecule has 0 saturated carbocycles. The largest absolute Gasteiger partial charge is 0.400 e. The molecular weight excluding hydrogens is 340 g/mol. The van der Waals surface area contributed by atoms with Crippen molar-refractivity contribution in [2.75, 3.05) is 5.32 Å². The molecular formula is C21H28N4O2. The van der Waals surface area contributed by atoms with Crippen LogP contribution in [-0.2, 0) is 12.8 Å². The number of carbonyl (C=O) groups is 1. The first-order chi connectivity index (χ1) is 13.2. The second-order valence-electron chi connectivity index (χ2n) is 5.01. The SMILES string of the molecule is CC.CC.CCc1ccc(CC(=O)c2nnc(Nc3ccccc3)o2)cn1. The summed E-state index contributed by atoms with van der Waals surface area (Å²) in [5.74, 6) is -0.243. The van der Waals surface area contributed by atoms with Gasteiger partial charge < -0.3 is 9.73 Å². The van der Waals surface area contributed by atoms with E-state index in [0.29, 0.717) is 0 Å². The number of pyridine rings is 1. The molecule has 27 heavy (non-hydrogen) atoms. The Hall–Kier alpha value is -3.02. The summed E-state index contributed by atoms with van der Waals surface area (Å²) >= 11 is 0. The zero-order valence-corrected chi connectivity index (χ0v) is 16.7. The number of anilines is 2. The summed E-state index contributed by atoms with van der Waals surface area (Å²) in [4.78, 5) is 16.5. The minimum absolute atomic E-state index is 0.0111. The summed E-state index contributed by atoms with van der Waals surface area (Å²) in [6.07, 6.45) is 2.76. The number of Topliss-reactive ketones (excluding diaryl/α,β-unsaturated/α-hetero) is 1. The highest BCUT2D eigenvalue weighted by Gasteiger charge is 2.15. The van der Waals surface area contributed by atoms with E-state index < -0.39 is 0 Å². The summed E-state index contributed by atoms with van der Waals surface area (Å²) < 4.78 is 5.36. The lowest BCUT2D eigenvalue weighted by molar-refractivity contribution is 0.0960. The number of nitrogens with zero attached hydrogens (tertiary/aromatic N) is 3. The van der Waals surface area contributed by atoms with Crippen molar-refractivity contribution >= 4 is 17.5 Å². The number of benzene rings is 1. The molecule has 0 spiro atoms. The maximum atomic E-state index is 12.2. The van der Waals surface area contributed by atoms with Crippen LogP contribution < -0.4 is 5.32 Å². The second kappa shape index (κ2) is 12.4. The minimum atomic E-state index is -0.232. The van der Waals surface area contributed by atoms with Gasteiger partial charge in [-0.2, -0.15) is 0 Å². The second-order valence-corrected chi connectivity index (χ2v) is 5.01. The first kappa shape index (κ1) is 22.0. The molecule has 3 aromatic rings. The molecule has 2 heterocycles. The van der Waals surface area contributed by atoms with Crippen molar-refractivity contribution in [3.05, 3.63) is 65.8 Å². The van der Waals surface area contributed by atoms with Gasteiger partial charge in [0.25, 0.3) is 5.89 Å². The number of para-hydroxylation sites is 1. The maximum absolute atomic E-state index is 12.2. The van der Waals surface area contributed by atoms with Gasteiger partial charge >= 0.3 is 6.01 Å². The standard InChI is InChI=1S/C17H16N4O2.2C2H6/c1-2-13-9-8-12(11-18-13)10-15(22)16-20-21-17(23-16)19-14-6-4-3-5-7-14;2*1-2/h3-9,11H,2,10H2,1H3,(H,19,21);2*1-2H3. The van der Waals surface area contributed by atoms with Crippen molar-refractivity contribution in [1.82, 2.24) is 15.2 Å². The zero-order chi connectivity index (χ0) is 20.1. The fourth-order valence-electron chi connectivity index (χ4n) is 2.06. The van der Waals surface area contributed by atoms with Crippen molar-refractivity contribution in [1.29, 1.82) is 0 Å². The number of ketones is 1. The van der Waals surface area contributed by atoms with Gasteiger partial charge in [0, 0.05) is 24.0 Å². The quantitative estimate of drug-likeness (QED) is 0.599. The fraction of sp³-hybridized carbons (Fsp3) is 0.333. The lowest BCUT2D eigenvalue weighted by atomic mass is 10.1. The van der Waals surface area contributed by atoms with Crippen LogP contribution in [0.15, 0.2) is 53.1 Å². The van der Waals surface area contributed by atoms with Crippen molar-refractivity contribution in [2.45, 2.75) is 47.5 Å². The lowest BCUT2D eigenvalue weighted by Crippen LogP contribution is -2.04. The molecule has 0 saturated heterocycles. The topological polar surface area (TPSA) is 80.9 Å². The minimum Gasteiger partial charge on any atom is -0.400 e. The number of nitrogens with one attached hydrogen (secondary N) is 1. The smallest absolute Gasteiger partial charge is 0.320 e. The van der Waals surface area contributed by atoms with E-state index in [1.54, 1.807) is 6.20 Å². The summed E-state index contributed by atoms with van der Waals surface area (Å²) in [5, 5.41) is 10.6. The molecule has 0 aliphatic heterocycles. The predicted octanol–water partition coefficient (Wildman–Crippen LogP) is 5.25. The van der Waals surface area contributed by atoms with Crippen LogP contribution in [0.1, 0.15) is 56.6 Å². The molecule has 144 valence electrons. The van der Waals surface area contributed by atoms with Gasteiger partial charge in [-0.25, -0.2) is 0 Å². The summed E-state index contributed by atoms with van der Waals surface area (Å²) in [7, 11) is 0. The van der Waals surface area contributed by atoms with Gasteiger partial charge in [-0.1, -0.05) is 64.0 Å². The molecule has 1 N–H and O–H groups in total. The Kier molecular flexibility index (Phi) is 10.1. The molecule has 0 fully saturated rings. The van der Waals surface area contributed by atoms with E-state index in [2.05, 4.69) is 20.5 Å². The third-order valence-electron chi connectivity index (χ3n) is 3.30.